The first-order chi connectivity index (χ1) is 8.64. The molecular weight excluding hydrogens is 248 g/mol. The van der Waals surface area contributed by atoms with Crippen LogP contribution in [0.3, 0.4) is 0 Å². The second-order valence-corrected chi connectivity index (χ2v) is 5.69. The highest BCUT2D eigenvalue weighted by molar-refractivity contribution is 6.62. The predicted octanol–water partition coefficient (Wildman–Crippen LogP) is 1.22. The molecule has 0 unspecified atom stereocenters. The Hall–Kier alpha value is -1.40. The van der Waals surface area contributed by atoms with Gasteiger partial charge in [0.1, 0.15) is 5.82 Å². The summed E-state index contributed by atoms with van der Waals surface area (Å²) in [6.07, 6.45) is 0. The van der Waals surface area contributed by atoms with Crippen LogP contribution in [0.25, 0.3) is 0 Å². The van der Waals surface area contributed by atoms with Gasteiger partial charge in [-0.15, -0.1) is 0 Å². The van der Waals surface area contributed by atoms with E-state index in [0.717, 1.165) is 6.07 Å². The number of primary amides is 1. The second kappa shape index (κ2) is 4.32. The van der Waals surface area contributed by atoms with Gasteiger partial charge in [0.15, 0.2) is 0 Å². The summed E-state index contributed by atoms with van der Waals surface area (Å²) in [5.41, 5.74) is 4.42. The minimum absolute atomic E-state index is 0.123. The Morgan fingerprint density at radius 2 is 1.74 bits per heavy atom. The molecule has 4 nitrogen and oxygen atoms in total. The van der Waals surface area contributed by atoms with Gasteiger partial charge in [-0.3, -0.25) is 4.79 Å². The second-order valence-electron chi connectivity index (χ2n) is 5.69. The molecule has 1 amide bonds. The van der Waals surface area contributed by atoms with Crippen molar-refractivity contribution >= 4 is 18.5 Å². The zero-order valence-corrected chi connectivity index (χ0v) is 11.5. The van der Waals surface area contributed by atoms with Gasteiger partial charge in [-0.1, -0.05) is 6.07 Å². The molecule has 0 radical (unpaired) electrons. The Bertz CT molecular complexity index is 515. The molecule has 1 aromatic rings. The zero-order chi connectivity index (χ0) is 14.4. The molecule has 102 valence electrons. The molecule has 1 aliphatic rings. The summed E-state index contributed by atoms with van der Waals surface area (Å²) in [4.78, 5) is 11.0. The van der Waals surface area contributed by atoms with Crippen LogP contribution in [-0.4, -0.2) is 24.2 Å². The van der Waals surface area contributed by atoms with E-state index in [1.165, 1.54) is 12.1 Å². The quantitative estimate of drug-likeness (QED) is 0.818. The SMILES string of the molecule is CC1(C)OB(c2ccc(C(N)=O)cc2F)OC1(C)C. The maximum Gasteiger partial charge on any atom is 0.497 e. The minimum atomic E-state index is -0.785. The molecule has 6 heteroatoms. The summed E-state index contributed by atoms with van der Waals surface area (Å²) in [7, 11) is -0.785. The number of amides is 1. The monoisotopic (exact) mass is 265 g/mol. The molecule has 1 aromatic carbocycles. The zero-order valence-electron chi connectivity index (χ0n) is 11.5. The number of nitrogens with two attached hydrogens (primary N) is 1. The van der Waals surface area contributed by atoms with Crippen LogP contribution in [0, 0.1) is 5.82 Å². The molecule has 1 fully saturated rings. The molecule has 1 saturated heterocycles. The Kier molecular flexibility index (Phi) is 3.19. The van der Waals surface area contributed by atoms with Crippen molar-refractivity contribution in [3.05, 3.63) is 29.6 Å². The lowest BCUT2D eigenvalue weighted by Crippen LogP contribution is -2.41. The summed E-state index contributed by atoms with van der Waals surface area (Å²) >= 11 is 0. The molecule has 0 spiro atoms. The molecule has 0 aliphatic carbocycles. The molecule has 0 atom stereocenters. The van der Waals surface area contributed by atoms with Crippen molar-refractivity contribution in [3.63, 3.8) is 0 Å². The van der Waals surface area contributed by atoms with E-state index in [1.54, 1.807) is 0 Å². The van der Waals surface area contributed by atoms with Gasteiger partial charge in [-0.25, -0.2) is 4.39 Å². The van der Waals surface area contributed by atoms with Gasteiger partial charge >= 0.3 is 7.12 Å². The van der Waals surface area contributed by atoms with E-state index in [1.807, 2.05) is 27.7 Å². The van der Waals surface area contributed by atoms with E-state index < -0.39 is 30.0 Å². The highest BCUT2D eigenvalue weighted by Crippen LogP contribution is 2.36. The van der Waals surface area contributed by atoms with Crippen LogP contribution in [0.1, 0.15) is 38.1 Å². The van der Waals surface area contributed by atoms with E-state index in [2.05, 4.69) is 0 Å². The van der Waals surface area contributed by atoms with Crippen molar-refractivity contribution in [2.24, 2.45) is 5.73 Å². The standard InChI is InChI=1S/C13H17BFNO3/c1-12(2)13(3,4)19-14(18-12)9-6-5-8(11(16)17)7-10(9)15/h5-7H,1-4H3,(H2,16,17). The topological polar surface area (TPSA) is 61.5 Å². The van der Waals surface area contributed by atoms with Crippen LogP contribution < -0.4 is 11.2 Å². The van der Waals surface area contributed by atoms with E-state index in [9.17, 15) is 9.18 Å². The summed E-state index contributed by atoms with van der Waals surface area (Å²) in [6.45, 7) is 7.57. The lowest BCUT2D eigenvalue weighted by Gasteiger charge is -2.32. The third-order valence-electron chi connectivity index (χ3n) is 3.79. The van der Waals surface area contributed by atoms with Crippen molar-refractivity contribution in [2.45, 2.75) is 38.9 Å². The summed E-state index contributed by atoms with van der Waals surface area (Å²) in [5, 5.41) is 0. The van der Waals surface area contributed by atoms with Gasteiger partial charge in [-0.2, -0.15) is 0 Å². The maximum absolute atomic E-state index is 14.0. The lowest BCUT2D eigenvalue weighted by molar-refractivity contribution is 0.00578. The smallest absolute Gasteiger partial charge is 0.399 e. The number of halogens is 1. The Balaban J connectivity index is 2.33. The number of benzene rings is 1. The first kappa shape index (κ1) is 14.0. The number of hydrogen-bond donors (Lipinski definition) is 1. The van der Waals surface area contributed by atoms with Crippen LogP contribution in [0.15, 0.2) is 18.2 Å². The third kappa shape index (κ3) is 2.38. The van der Waals surface area contributed by atoms with Crippen LogP contribution in [-0.2, 0) is 9.31 Å². The van der Waals surface area contributed by atoms with Gasteiger partial charge in [0.05, 0.1) is 11.2 Å². The van der Waals surface area contributed by atoms with Crippen LogP contribution in [0.4, 0.5) is 4.39 Å². The highest BCUT2D eigenvalue weighted by Gasteiger charge is 2.52. The fraction of sp³-hybridized carbons (Fsp3) is 0.462. The van der Waals surface area contributed by atoms with Gasteiger partial charge in [-0.05, 0) is 39.8 Å². The van der Waals surface area contributed by atoms with E-state index in [4.69, 9.17) is 15.0 Å². The average Bonchev–Trinajstić information content (AvgIpc) is 2.47. The van der Waals surface area contributed by atoms with E-state index in [-0.39, 0.29) is 11.0 Å². The molecule has 0 saturated carbocycles. The number of carbonyl (C=O) groups is 1. The van der Waals surface area contributed by atoms with Crippen molar-refractivity contribution < 1.29 is 18.5 Å². The largest absolute Gasteiger partial charge is 0.497 e. The Morgan fingerprint density at radius 1 is 1.21 bits per heavy atom. The van der Waals surface area contributed by atoms with Gasteiger partial charge < -0.3 is 15.0 Å². The van der Waals surface area contributed by atoms with Gasteiger partial charge in [0, 0.05) is 11.0 Å². The van der Waals surface area contributed by atoms with Gasteiger partial charge in [0.25, 0.3) is 0 Å². The Morgan fingerprint density at radius 3 is 2.16 bits per heavy atom. The van der Waals surface area contributed by atoms with Crippen molar-refractivity contribution in [2.75, 3.05) is 0 Å². The summed E-state index contributed by atoms with van der Waals surface area (Å²) < 4.78 is 25.5. The molecule has 0 bridgehead atoms. The molecule has 1 heterocycles. The van der Waals surface area contributed by atoms with Crippen molar-refractivity contribution in [1.29, 1.82) is 0 Å². The fourth-order valence-corrected chi connectivity index (χ4v) is 1.84. The van der Waals surface area contributed by atoms with Crippen molar-refractivity contribution in [3.8, 4) is 0 Å². The summed E-state index contributed by atoms with van der Waals surface area (Å²) in [6, 6.07) is 4.03. The van der Waals surface area contributed by atoms with Crippen LogP contribution >= 0.6 is 0 Å². The third-order valence-corrected chi connectivity index (χ3v) is 3.79. The van der Waals surface area contributed by atoms with Gasteiger partial charge in [0.2, 0.25) is 5.91 Å². The molecule has 19 heavy (non-hydrogen) atoms. The number of rotatable bonds is 2. The van der Waals surface area contributed by atoms with Crippen LogP contribution in [0.2, 0.25) is 0 Å². The first-order valence-corrected chi connectivity index (χ1v) is 6.09. The number of carbonyl (C=O) groups excluding carboxylic acids is 1. The van der Waals surface area contributed by atoms with E-state index in [0.29, 0.717) is 0 Å². The van der Waals surface area contributed by atoms with Crippen LogP contribution in [0.5, 0.6) is 0 Å². The normalized spacial score (nSPS) is 20.6. The van der Waals surface area contributed by atoms with E-state index >= 15 is 0 Å². The lowest BCUT2D eigenvalue weighted by atomic mass is 9.78. The number of hydrogen-bond acceptors (Lipinski definition) is 3. The first-order valence-electron chi connectivity index (χ1n) is 6.09. The fourth-order valence-electron chi connectivity index (χ4n) is 1.84. The molecule has 2 N–H and O–H groups in total. The highest BCUT2D eigenvalue weighted by atomic mass is 19.1. The minimum Gasteiger partial charge on any atom is -0.399 e. The maximum atomic E-state index is 14.0. The predicted molar refractivity (Wildman–Crippen MR) is 70.6 cm³/mol. The van der Waals surface area contributed by atoms with Crippen molar-refractivity contribution in [1.82, 2.24) is 0 Å². The molecule has 1 aliphatic heterocycles. The molecule has 2 rings (SSSR count). The molecular formula is C13H17BFNO3. The average molecular weight is 265 g/mol. The molecule has 0 aromatic heterocycles. The Labute approximate surface area is 112 Å². The summed E-state index contributed by atoms with van der Waals surface area (Å²) in [5.74, 6) is -1.23.